The number of benzene rings is 1. The Hall–Kier alpha value is -3.17. The van der Waals surface area contributed by atoms with Crippen molar-refractivity contribution in [1.82, 2.24) is 9.88 Å². The smallest absolute Gasteiger partial charge is 0.262 e. The van der Waals surface area contributed by atoms with E-state index in [4.69, 9.17) is 15.2 Å². The number of nitrogens with two attached hydrogens (primary N) is 1. The minimum atomic E-state index is -0.865. The first-order valence-electron chi connectivity index (χ1n) is 7.19. The minimum Gasteiger partial charge on any atom is -0.507 e. The van der Waals surface area contributed by atoms with Gasteiger partial charge in [-0.1, -0.05) is 0 Å². The van der Waals surface area contributed by atoms with Crippen LogP contribution >= 0.6 is 0 Å². The molecule has 0 saturated carbocycles. The van der Waals surface area contributed by atoms with Gasteiger partial charge in [0, 0.05) is 20.3 Å². The zero-order chi connectivity index (χ0) is 18.3. The van der Waals surface area contributed by atoms with Crippen molar-refractivity contribution in [2.24, 2.45) is 0 Å². The van der Waals surface area contributed by atoms with Crippen LogP contribution in [0.3, 0.4) is 0 Å². The number of imide groups is 1. The molecule has 0 atom stereocenters. The highest BCUT2D eigenvalue weighted by Gasteiger charge is 2.32. The molecule has 4 N–H and O–H groups in total. The van der Waals surface area contributed by atoms with Crippen molar-refractivity contribution in [1.29, 1.82) is 0 Å². The third-order valence-electron chi connectivity index (χ3n) is 3.90. The van der Waals surface area contributed by atoms with E-state index in [2.05, 4.69) is 5.32 Å². The van der Waals surface area contributed by atoms with E-state index < -0.39 is 23.7 Å². The van der Waals surface area contributed by atoms with Gasteiger partial charge in [-0.2, -0.15) is 0 Å². The Balaban J connectivity index is 2.24. The number of carbonyl (C=O) groups excluding carboxylic acids is 2. The Labute approximate surface area is 141 Å². The molecule has 0 fully saturated rings. The first kappa shape index (κ1) is 16.7. The Morgan fingerprint density at radius 2 is 1.80 bits per heavy atom. The van der Waals surface area contributed by atoms with Gasteiger partial charge < -0.3 is 20.3 Å². The number of phenols is 1. The van der Waals surface area contributed by atoms with Crippen molar-refractivity contribution < 1.29 is 24.2 Å². The van der Waals surface area contributed by atoms with Crippen LogP contribution < -0.4 is 16.6 Å². The van der Waals surface area contributed by atoms with Crippen molar-refractivity contribution in [3.63, 3.8) is 0 Å². The first-order chi connectivity index (χ1) is 11.9. The fourth-order valence-electron chi connectivity index (χ4n) is 2.77. The average Bonchev–Trinajstić information content (AvgIpc) is 2.85. The molecule has 1 aliphatic heterocycles. The number of pyridine rings is 1. The van der Waals surface area contributed by atoms with Crippen LogP contribution in [-0.4, -0.2) is 35.7 Å². The first-order valence-corrected chi connectivity index (χ1v) is 7.19. The number of fused-ring (bicyclic) bond motifs is 1. The number of aromatic nitrogens is 1. The molecule has 130 valence electrons. The van der Waals surface area contributed by atoms with Crippen LogP contribution in [0.15, 0.2) is 29.1 Å². The quantitative estimate of drug-likeness (QED) is 0.536. The SMILES string of the molecule is COC(OC)c1cc(-n2c(N)c3c(cc2=O)C(=O)NC3=O)ccc1O. The van der Waals surface area contributed by atoms with Gasteiger partial charge in [0.1, 0.15) is 11.6 Å². The average molecular weight is 345 g/mol. The molecule has 0 bridgehead atoms. The van der Waals surface area contributed by atoms with E-state index in [0.717, 1.165) is 10.6 Å². The molecule has 0 unspecified atom stereocenters. The highest BCUT2D eigenvalue weighted by atomic mass is 16.7. The zero-order valence-corrected chi connectivity index (χ0v) is 13.4. The number of nitrogens with zero attached hydrogens (tertiary/aromatic N) is 1. The second-order valence-electron chi connectivity index (χ2n) is 5.32. The van der Waals surface area contributed by atoms with E-state index in [1.807, 2.05) is 0 Å². The highest BCUT2D eigenvalue weighted by Crippen LogP contribution is 2.30. The number of phenolic OH excluding ortho intramolecular Hbond substituents is 1. The van der Waals surface area contributed by atoms with E-state index in [1.54, 1.807) is 0 Å². The van der Waals surface area contributed by atoms with Crippen LogP contribution in [-0.2, 0) is 9.47 Å². The van der Waals surface area contributed by atoms with Crippen molar-refractivity contribution in [3.05, 3.63) is 51.3 Å². The minimum absolute atomic E-state index is 0.0607. The topological polar surface area (TPSA) is 133 Å². The lowest BCUT2D eigenvalue weighted by atomic mass is 10.1. The number of methoxy groups -OCH3 is 2. The fraction of sp³-hybridized carbons (Fsp3) is 0.188. The summed E-state index contributed by atoms with van der Waals surface area (Å²) in [6.45, 7) is 0. The summed E-state index contributed by atoms with van der Waals surface area (Å²) in [6.07, 6.45) is -0.865. The number of hydrogen-bond acceptors (Lipinski definition) is 7. The molecule has 0 radical (unpaired) electrons. The third kappa shape index (κ3) is 2.55. The molecule has 3 rings (SSSR count). The molecular formula is C16H15N3O6. The van der Waals surface area contributed by atoms with Crippen LogP contribution in [0.1, 0.15) is 32.6 Å². The fourth-order valence-corrected chi connectivity index (χ4v) is 2.77. The number of nitrogens with one attached hydrogen (secondary N) is 1. The molecule has 2 aromatic rings. The number of aromatic hydroxyl groups is 1. The number of hydrogen-bond donors (Lipinski definition) is 3. The number of nitrogen functional groups attached to an aromatic ring is 1. The maximum Gasteiger partial charge on any atom is 0.262 e. The lowest BCUT2D eigenvalue weighted by Crippen LogP contribution is -2.24. The maximum atomic E-state index is 12.4. The van der Waals surface area contributed by atoms with Gasteiger partial charge in [0.25, 0.3) is 17.4 Å². The summed E-state index contributed by atoms with van der Waals surface area (Å²) in [7, 11) is 2.79. The summed E-state index contributed by atoms with van der Waals surface area (Å²) in [6, 6.07) is 5.29. The Kier molecular flexibility index (Phi) is 4.03. The number of anilines is 1. The second kappa shape index (κ2) is 6.04. The number of amides is 2. The summed E-state index contributed by atoms with van der Waals surface area (Å²) in [5.41, 5.74) is 5.81. The lowest BCUT2D eigenvalue weighted by Gasteiger charge is -2.18. The van der Waals surface area contributed by atoms with Crippen molar-refractivity contribution in [2.45, 2.75) is 6.29 Å². The Morgan fingerprint density at radius 3 is 2.44 bits per heavy atom. The number of rotatable bonds is 4. The van der Waals surface area contributed by atoms with E-state index in [0.29, 0.717) is 0 Å². The molecular weight excluding hydrogens is 330 g/mol. The van der Waals surface area contributed by atoms with Crippen LogP contribution in [0.2, 0.25) is 0 Å². The molecule has 2 heterocycles. The van der Waals surface area contributed by atoms with Gasteiger partial charge >= 0.3 is 0 Å². The summed E-state index contributed by atoms with van der Waals surface area (Å²) in [5, 5.41) is 12.1. The Morgan fingerprint density at radius 1 is 1.12 bits per heavy atom. The van der Waals surface area contributed by atoms with Gasteiger partial charge in [0.2, 0.25) is 0 Å². The van der Waals surface area contributed by atoms with Crippen LogP contribution in [0.5, 0.6) is 5.75 Å². The molecule has 0 aliphatic carbocycles. The molecule has 0 saturated heterocycles. The van der Waals surface area contributed by atoms with Gasteiger partial charge in [-0.3, -0.25) is 24.3 Å². The molecule has 0 spiro atoms. The summed E-state index contributed by atoms with van der Waals surface area (Å²) < 4.78 is 11.3. The number of ether oxygens (including phenoxy) is 2. The predicted octanol–water partition coefficient (Wildman–Crippen LogP) is 0.300. The van der Waals surface area contributed by atoms with Crippen molar-refractivity contribution >= 4 is 17.6 Å². The zero-order valence-electron chi connectivity index (χ0n) is 13.4. The summed E-state index contributed by atoms with van der Waals surface area (Å²) >= 11 is 0. The summed E-state index contributed by atoms with van der Waals surface area (Å²) in [5.74, 6) is -1.61. The third-order valence-corrected chi connectivity index (χ3v) is 3.90. The standard InChI is InChI=1S/C16H15N3O6/c1-24-16(25-2)8-5-7(3-4-10(8)20)19-11(21)6-9-12(13(19)17)15(23)18-14(9)22/h3-6,16,20H,17H2,1-2H3,(H,18,22,23). The molecule has 2 amide bonds. The molecule has 1 aromatic heterocycles. The maximum absolute atomic E-state index is 12.4. The summed E-state index contributed by atoms with van der Waals surface area (Å²) in [4.78, 5) is 36.0. The van der Waals surface area contributed by atoms with E-state index in [9.17, 15) is 19.5 Å². The lowest BCUT2D eigenvalue weighted by molar-refractivity contribution is -0.106. The Bertz CT molecular complexity index is 946. The second-order valence-corrected chi connectivity index (χ2v) is 5.32. The van der Waals surface area contributed by atoms with Gasteiger partial charge in [-0.15, -0.1) is 0 Å². The van der Waals surface area contributed by atoms with Crippen molar-refractivity contribution in [3.8, 4) is 11.4 Å². The van der Waals surface area contributed by atoms with Gasteiger partial charge in [-0.25, -0.2) is 0 Å². The molecule has 25 heavy (non-hydrogen) atoms. The highest BCUT2D eigenvalue weighted by molar-refractivity contribution is 6.23. The van der Waals surface area contributed by atoms with Crippen LogP contribution in [0.25, 0.3) is 5.69 Å². The van der Waals surface area contributed by atoms with E-state index in [-0.39, 0.29) is 33.9 Å². The van der Waals surface area contributed by atoms with Crippen LogP contribution in [0, 0.1) is 0 Å². The van der Waals surface area contributed by atoms with Gasteiger partial charge in [-0.05, 0) is 18.2 Å². The van der Waals surface area contributed by atoms with Gasteiger partial charge in [0.15, 0.2) is 6.29 Å². The largest absolute Gasteiger partial charge is 0.507 e. The molecule has 9 nitrogen and oxygen atoms in total. The molecule has 1 aromatic carbocycles. The van der Waals surface area contributed by atoms with Crippen molar-refractivity contribution in [2.75, 3.05) is 20.0 Å². The van der Waals surface area contributed by atoms with E-state index in [1.165, 1.54) is 32.4 Å². The normalized spacial score (nSPS) is 13.2. The monoisotopic (exact) mass is 345 g/mol. The van der Waals surface area contributed by atoms with Gasteiger partial charge in [0.05, 0.1) is 22.4 Å². The predicted molar refractivity (Wildman–Crippen MR) is 86.7 cm³/mol. The molecule has 9 heteroatoms. The van der Waals surface area contributed by atoms with E-state index >= 15 is 0 Å². The van der Waals surface area contributed by atoms with Crippen LogP contribution in [0.4, 0.5) is 5.82 Å². The number of carbonyl (C=O) groups is 2. The molecule has 1 aliphatic rings.